The maximum atomic E-state index is 13.1. The monoisotopic (exact) mass is 397 g/mol. The zero-order valence-corrected chi connectivity index (χ0v) is 16.7. The van der Waals surface area contributed by atoms with Crippen LogP contribution in [0.2, 0.25) is 0 Å². The molecule has 1 atom stereocenters. The molecule has 1 N–H and O–H groups in total. The maximum Gasteiger partial charge on any atom is 0.254 e. The lowest BCUT2D eigenvalue weighted by molar-refractivity contribution is 0.0702. The quantitative estimate of drug-likeness (QED) is 0.777. The number of carbonyl (C=O) groups excluding carboxylic acids is 1. The lowest BCUT2D eigenvalue weighted by Gasteiger charge is -2.28. The van der Waals surface area contributed by atoms with Gasteiger partial charge in [0.05, 0.1) is 22.6 Å². The number of amides is 1. The van der Waals surface area contributed by atoms with Gasteiger partial charge >= 0.3 is 0 Å². The van der Waals surface area contributed by atoms with Crippen molar-refractivity contribution in [2.24, 2.45) is 0 Å². The van der Waals surface area contributed by atoms with E-state index in [2.05, 4.69) is 10.8 Å². The molecule has 0 saturated heterocycles. The molecule has 1 unspecified atom stereocenters. The van der Waals surface area contributed by atoms with Crippen LogP contribution in [0.1, 0.15) is 54.2 Å². The van der Waals surface area contributed by atoms with Gasteiger partial charge in [0.1, 0.15) is 0 Å². The van der Waals surface area contributed by atoms with E-state index in [0.717, 1.165) is 18.4 Å². The third-order valence-electron chi connectivity index (χ3n) is 4.88. The standard InChI is InChI=1S/C21H23N3O3S/c1-3-24(15(2)17-9-7-16(14-22)8-10-17)21(25)18-5-4-6-20(13-18)28(26,27)23-19-11-12-19/h4-10,13,15,19,23H,3,11-12H2,1-2H3. The predicted molar refractivity (Wildman–Crippen MR) is 106 cm³/mol. The second kappa shape index (κ2) is 8.13. The van der Waals surface area contributed by atoms with E-state index < -0.39 is 10.0 Å². The topological polar surface area (TPSA) is 90.3 Å². The Bertz CT molecular complexity index is 1010. The van der Waals surface area contributed by atoms with Gasteiger partial charge < -0.3 is 4.90 Å². The summed E-state index contributed by atoms with van der Waals surface area (Å²) in [6.45, 7) is 4.27. The van der Waals surface area contributed by atoms with Gasteiger partial charge in [0.2, 0.25) is 10.0 Å². The maximum absolute atomic E-state index is 13.1. The Morgan fingerprint density at radius 2 is 1.93 bits per heavy atom. The number of hydrogen-bond donors (Lipinski definition) is 1. The SMILES string of the molecule is CCN(C(=O)c1cccc(S(=O)(=O)NC2CC2)c1)C(C)c1ccc(C#N)cc1. The fraction of sp³-hybridized carbons (Fsp3) is 0.333. The van der Waals surface area contributed by atoms with Crippen molar-refractivity contribution in [2.45, 2.75) is 43.7 Å². The minimum Gasteiger partial charge on any atom is -0.332 e. The number of benzene rings is 2. The highest BCUT2D eigenvalue weighted by molar-refractivity contribution is 7.89. The first-order chi connectivity index (χ1) is 13.4. The summed E-state index contributed by atoms with van der Waals surface area (Å²) in [5.74, 6) is -0.233. The number of nitrogens with zero attached hydrogens (tertiary/aromatic N) is 2. The van der Waals surface area contributed by atoms with Gasteiger partial charge in [-0.2, -0.15) is 5.26 Å². The first-order valence-electron chi connectivity index (χ1n) is 9.29. The van der Waals surface area contributed by atoms with Crippen molar-refractivity contribution in [1.82, 2.24) is 9.62 Å². The minimum absolute atomic E-state index is 0.00732. The van der Waals surface area contributed by atoms with E-state index in [1.54, 1.807) is 29.2 Å². The first-order valence-corrected chi connectivity index (χ1v) is 10.8. The molecule has 1 aliphatic carbocycles. The number of rotatable bonds is 7. The van der Waals surface area contributed by atoms with Gasteiger partial charge in [0.25, 0.3) is 5.91 Å². The molecule has 146 valence electrons. The van der Waals surface area contributed by atoms with Gasteiger partial charge in [-0.15, -0.1) is 0 Å². The molecule has 1 aliphatic rings. The second-order valence-electron chi connectivity index (χ2n) is 6.92. The molecule has 1 fully saturated rings. The number of hydrogen-bond acceptors (Lipinski definition) is 4. The number of carbonyl (C=O) groups is 1. The summed E-state index contributed by atoms with van der Waals surface area (Å²) in [6.07, 6.45) is 1.70. The molecule has 2 aromatic carbocycles. The van der Waals surface area contributed by atoms with Crippen molar-refractivity contribution in [3.63, 3.8) is 0 Å². The van der Waals surface area contributed by atoms with Crippen LogP contribution in [0.15, 0.2) is 53.4 Å². The fourth-order valence-electron chi connectivity index (χ4n) is 3.06. The molecule has 2 aromatic rings. The highest BCUT2D eigenvalue weighted by Crippen LogP contribution is 2.25. The summed E-state index contributed by atoms with van der Waals surface area (Å²) in [6, 6.07) is 15.1. The summed E-state index contributed by atoms with van der Waals surface area (Å²) in [7, 11) is -3.62. The summed E-state index contributed by atoms with van der Waals surface area (Å²) in [5.41, 5.74) is 1.81. The summed E-state index contributed by atoms with van der Waals surface area (Å²) < 4.78 is 27.5. The lowest BCUT2D eigenvalue weighted by atomic mass is 10.0. The van der Waals surface area contributed by atoms with Gasteiger partial charge in [-0.3, -0.25) is 4.79 Å². The molecule has 1 saturated carbocycles. The third-order valence-corrected chi connectivity index (χ3v) is 6.40. The zero-order valence-electron chi connectivity index (χ0n) is 15.9. The van der Waals surface area contributed by atoms with E-state index in [1.165, 1.54) is 12.1 Å². The Morgan fingerprint density at radius 3 is 2.50 bits per heavy atom. The van der Waals surface area contributed by atoms with Crippen molar-refractivity contribution in [3.05, 3.63) is 65.2 Å². The van der Waals surface area contributed by atoms with Crippen molar-refractivity contribution in [1.29, 1.82) is 5.26 Å². The Hall–Kier alpha value is -2.69. The lowest BCUT2D eigenvalue weighted by Crippen LogP contribution is -2.33. The number of sulfonamides is 1. The highest BCUT2D eigenvalue weighted by Gasteiger charge is 2.29. The summed E-state index contributed by atoms with van der Waals surface area (Å²) >= 11 is 0. The second-order valence-corrected chi connectivity index (χ2v) is 8.64. The van der Waals surface area contributed by atoms with Crippen LogP contribution in [0.5, 0.6) is 0 Å². The molecular weight excluding hydrogens is 374 g/mol. The molecular formula is C21H23N3O3S. The molecule has 0 radical (unpaired) electrons. The van der Waals surface area contributed by atoms with Crippen LogP contribution < -0.4 is 4.72 Å². The highest BCUT2D eigenvalue weighted by atomic mass is 32.2. The molecule has 3 rings (SSSR count). The molecule has 0 spiro atoms. The fourth-order valence-corrected chi connectivity index (χ4v) is 4.41. The average molecular weight is 398 g/mol. The molecule has 0 aliphatic heterocycles. The van der Waals surface area contributed by atoms with Crippen LogP contribution in [0, 0.1) is 11.3 Å². The minimum atomic E-state index is -3.62. The molecule has 0 bridgehead atoms. The van der Waals surface area contributed by atoms with E-state index in [1.807, 2.05) is 26.0 Å². The van der Waals surface area contributed by atoms with Crippen LogP contribution >= 0.6 is 0 Å². The Morgan fingerprint density at radius 1 is 1.25 bits per heavy atom. The van der Waals surface area contributed by atoms with Crippen molar-refractivity contribution >= 4 is 15.9 Å². The number of nitrogens with one attached hydrogen (secondary N) is 1. The molecule has 1 amide bonds. The largest absolute Gasteiger partial charge is 0.332 e. The van der Waals surface area contributed by atoms with Crippen molar-refractivity contribution in [2.75, 3.05) is 6.54 Å². The van der Waals surface area contributed by atoms with Gasteiger partial charge in [0, 0.05) is 18.2 Å². The van der Waals surface area contributed by atoms with Gasteiger partial charge in [-0.25, -0.2) is 13.1 Å². The Labute approximate surface area is 165 Å². The van der Waals surface area contributed by atoms with E-state index >= 15 is 0 Å². The van der Waals surface area contributed by atoms with Crippen LogP contribution in [0.3, 0.4) is 0 Å². The molecule has 28 heavy (non-hydrogen) atoms. The zero-order chi connectivity index (χ0) is 20.3. The van der Waals surface area contributed by atoms with E-state index in [-0.39, 0.29) is 22.9 Å². The van der Waals surface area contributed by atoms with Gasteiger partial charge in [-0.1, -0.05) is 18.2 Å². The summed E-state index contributed by atoms with van der Waals surface area (Å²) in [5, 5.41) is 8.94. The summed E-state index contributed by atoms with van der Waals surface area (Å²) in [4.78, 5) is 14.9. The van der Waals surface area contributed by atoms with Crippen molar-refractivity contribution in [3.8, 4) is 6.07 Å². The van der Waals surface area contributed by atoms with Gasteiger partial charge in [-0.05, 0) is 62.6 Å². The van der Waals surface area contributed by atoms with E-state index in [9.17, 15) is 13.2 Å². The van der Waals surface area contributed by atoms with Crippen LogP contribution in [-0.2, 0) is 10.0 Å². The van der Waals surface area contributed by atoms with E-state index in [4.69, 9.17) is 5.26 Å². The van der Waals surface area contributed by atoms with Crippen molar-refractivity contribution < 1.29 is 13.2 Å². The van der Waals surface area contributed by atoms with Crippen LogP contribution in [0.25, 0.3) is 0 Å². The Kier molecular flexibility index (Phi) is 5.82. The molecule has 0 heterocycles. The smallest absolute Gasteiger partial charge is 0.254 e. The van der Waals surface area contributed by atoms with Gasteiger partial charge in [0.15, 0.2) is 0 Å². The Balaban J connectivity index is 1.84. The number of nitriles is 1. The molecule has 7 heteroatoms. The normalized spacial score (nSPS) is 14.9. The molecule has 6 nitrogen and oxygen atoms in total. The van der Waals surface area contributed by atoms with E-state index in [0.29, 0.717) is 17.7 Å². The van der Waals surface area contributed by atoms with Crippen LogP contribution in [-0.4, -0.2) is 31.8 Å². The average Bonchev–Trinajstić information content (AvgIpc) is 3.51. The van der Waals surface area contributed by atoms with Crippen LogP contribution in [0.4, 0.5) is 0 Å². The third kappa shape index (κ3) is 4.41. The predicted octanol–water partition coefficient (Wildman–Crippen LogP) is 3.22. The molecule has 0 aromatic heterocycles. The first kappa shape index (κ1) is 20.1.